The molecule has 0 heterocycles. The quantitative estimate of drug-likeness (QED) is 0.846. The Kier molecular flexibility index (Phi) is 6.62. The Morgan fingerprint density at radius 3 is 1.95 bits per heavy atom. The number of hydrogen-bond acceptors (Lipinski definition) is 1. The van der Waals surface area contributed by atoms with Crippen LogP contribution in [0, 0.1) is 11.7 Å². The van der Waals surface area contributed by atoms with Crippen LogP contribution in [-0.2, 0) is 4.79 Å². The molecule has 1 N–H and O–H groups in total. The van der Waals surface area contributed by atoms with E-state index >= 15 is 0 Å². The summed E-state index contributed by atoms with van der Waals surface area (Å²) in [6.07, 6.45) is 5.41. The molecular weight excluding hydrogens is 277 g/mol. The Morgan fingerprint density at radius 2 is 1.45 bits per heavy atom. The average molecular weight is 299 g/mol. The maximum atomic E-state index is 12.6. The number of benzene rings is 2. The number of carbonyl (C=O) groups is 1. The average Bonchev–Trinajstić information content (AvgIpc) is 3.05. The van der Waals surface area contributed by atoms with Gasteiger partial charge in [-0.1, -0.05) is 49.2 Å². The van der Waals surface area contributed by atoms with E-state index in [2.05, 4.69) is 5.32 Å². The summed E-state index contributed by atoms with van der Waals surface area (Å²) < 4.78 is 12.6. The van der Waals surface area contributed by atoms with Crippen LogP contribution in [0.15, 0.2) is 60.7 Å². The van der Waals surface area contributed by atoms with Crippen molar-refractivity contribution < 1.29 is 9.18 Å². The van der Waals surface area contributed by atoms with Crippen LogP contribution < -0.4 is 5.32 Å². The van der Waals surface area contributed by atoms with Gasteiger partial charge >= 0.3 is 0 Å². The van der Waals surface area contributed by atoms with Crippen molar-refractivity contribution in [2.45, 2.75) is 32.1 Å². The van der Waals surface area contributed by atoms with Crippen LogP contribution in [0.2, 0.25) is 0 Å². The number of hydrogen-bond donors (Lipinski definition) is 1. The number of halogens is 1. The Morgan fingerprint density at radius 1 is 0.955 bits per heavy atom. The Balaban J connectivity index is 0.000000246. The summed E-state index contributed by atoms with van der Waals surface area (Å²) in [6, 6.07) is 17.9. The molecular formula is C19H22FNO. The molecule has 0 aromatic heterocycles. The van der Waals surface area contributed by atoms with Crippen LogP contribution in [0.1, 0.15) is 32.1 Å². The maximum Gasteiger partial charge on any atom is 0.224 e. The molecule has 0 spiro atoms. The van der Waals surface area contributed by atoms with Gasteiger partial charge in [0, 0.05) is 12.1 Å². The van der Waals surface area contributed by atoms with Crippen LogP contribution in [0.3, 0.4) is 0 Å². The Hall–Kier alpha value is -2.16. The van der Waals surface area contributed by atoms with Crippen molar-refractivity contribution in [2.24, 2.45) is 5.92 Å². The van der Waals surface area contributed by atoms with E-state index < -0.39 is 0 Å². The van der Waals surface area contributed by atoms with Crippen molar-refractivity contribution in [3.63, 3.8) is 0 Å². The molecule has 2 aromatic carbocycles. The molecule has 1 aliphatic carbocycles. The fourth-order valence-electron chi connectivity index (χ4n) is 2.61. The van der Waals surface area contributed by atoms with Gasteiger partial charge in [0.1, 0.15) is 5.82 Å². The third kappa shape index (κ3) is 6.08. The minimum atomic E-state index is -0.284. The van der Waals surface area contributed by atoms with Crippen molar-refractivity contribution in [3.8, 4) is 0 Å². The van der Waals surface area contributed by atoms with Gasteiger partial charge in [-0.05, 0) is 43.0 Å². The van der Waals surface area contributed by atoms with Gasteiger partial charge in [-0.15, -0.1) is 0 Å². The molecule has 0 unspecified atom stereocenters. The first-order chi connectivity index (χ1) is 10.7. The van der Waals surface area contributed by atoms with Crippen LogP contribution in [0.4, 0.5) is 10.1 Å². The molecule has 1 amide bonds. The highest BCUT2D eigenvalue weighted by atomic mass is 19.1. The molecule has 0 radical (unpaired) electrons. The van der Waals surface area contributed by atoms with Crippen molar-refractivity contribution in [3.05, 3.63) is 66.5 Å². The zero-order valence-corrected chi connectivity index (χ0v) is 12.7. The first kappa shape index (κ1) is 16.2. The van der Waals surface area contributed by atoms with E-state index in [-0.39, 0.29) is 11.7 Å². The predicted molar refractivity (Wildman–Crippen MR) is 88.0 cm³/mol. The Bertz CT molecular complexity index is 521. The number of rotatable bonds is 3. The zero-order chi connectivity index (χ0) is 15.6. The van der Waals surface area contributed by atoms with E-state index in [4.69, 9.17) is 0 Å². The summed E-state index contributed by atoms with van der Waals surface area (Å²) in [4.78, 5) is 11.6. The van der Waals surface area contributed by atoms with E-state index in [9.17, 15) is 9.18 Å². The fraction of sp³-hybridized carbons (Fsp3) is 0.316. The molecule has 1 aliphatic rings. The molecule has 1 saturated carbocycles. The van der Waals surface area contributed by atoms with E-state index in [1.54, 1.807) is 12.1 Å². The highest BCUT2D eigenvalue weighted by molar-refractivity contribution is 5.90. The first-order valence-corrected chi connectivity index (χ1v) is 7.79. The van der Waals surface area contributed by atoms with Gasteiger partial charge in [-0.3, -0.25) is 4.79 Å². The fourth-order valence-corrected chi connectivity index (χ4v) is 2.61. The van der Waals surface area contributed by atoms with Gasteiger partial charge in [-0.2, -0.15) is 0 Å². The van der Waals surface area contributed by atoms with E-state index in [0.29, 0.717) is 18.0 Å². The molecule has 2 aromatic rings. The molecule has 0 aliphatic heterocycles. The van der Waals surface area contributed by atoms with Crippen LogP contribution in [0.25, 0.3) is 0 Å². The van der Waals surface area contributed by atoms with Crippen molar-refractivity contribution >= 4 is 11.6 Å². The highest BCUT2D eigenvalue weighted by Gasteiger charge is 2.18. The summed E-state index contributed by atoms with van der Waals surface area (Å²) >= 11 is 0. The number of anilines is 1. The lowest BCUT2D eigenvalue weighted by Gasteiger charge is -2.09. The second-order valence-corrected chi connectivity index (χ2v) is 5.56. The summed E-state index contributed by atoms with van der Waals surface area (Å²) in [5.41, 5.74) is 0.671. The lowest BCUT2D eigenvalue weighted by Crippen LogP contribution is -2.14. The smallest absolute Gasteiger partial charge is 0.224 e. The second kappa shape index (κ2) is 8.98. The summed E-state index contributed by atoms with van der Waals surface area (Å²) in [6.45, 7) is 0. The standard InChI is InChI=1S/C13H16FNO.C6H6/c14-11-5-7-12(8-6-11)15-13(16)9-10-3-1-2-4-10;1-2-4-6-5-3-1/h5-8,10H,1-4,9H2,(H,15,16);1-6H. The lowest BCUT2D eigenvalue weighted by atomic mass is 10.0. The number of nitrogens with one attached hydrogen (secondary N) is 1. The molecule has 22 heavy (non-hydrogen) atoms. The molecule has 3 rings (SSSR count). The molecule has 0 saturated heterocycles. The monoisotopic (exact) mass is 299 g/mol. The number of carbonyl (C=O) groups excluding carboxylic acids is 1. The van der Waals surface area contributed by atoms with Crippen molar-refractivity contribution in [2.75, 3.05) is 5.32 Å². The van der Waals surface area contributed by atoms with E-state index in [1.165, 1.54) is 25.0 Å². The zero-order valence-electron chi connectivity index (χ0n) is 12.7. The van der Waals surface area contributed by atoms with E-state index in [1.807, 2.05) is 36.4 Å². The number of amides is 1. The van der Waals surface area contributed by atoms with Crippen molar-refractivity contribution in [1.29, 1.82) is 0 Å². The molecule has 0 atom stereocenters. The minimum Gasteiger partial charge on any atom is -0.326 e. The minimum absolute atomic E-state index is 0.0403. The van der Waals surface area contributed by atoms with Gasteiger partial charge in [0.2, 0.25) is 5.91 Å². The van der Waals surface area contributed by atoms with Crippen LogP contribution in [0.5, 0.6) is 0 Å². The third-order valence-corrected chi connectivity index (χ3v) is 3.74. The van der Waals surface area contributed by atoms with Gasteiger partial charge < -0.3 is 5.32 Å². The normalized spacial score (nSPS) is 14.0. The molecule has 2 nitrogen and oxygen atoms in total. The van der Waals surface area contributed by atoms with Gasteiger partial charge in [0.15, 0.2) is 0 Å². The molecule has 116 valence electrons. The van der Waals surface area contributed by atoms with Gasteiger partial charge in [0.05, 0.1) is 0 Å². The van der Waals surface area contributed by atoms with E-state index in [0.717, 1.165) is 12.8 Å². The summed E-state index contributed by atoms with van der Waals surface area (Å²) in [7, 11) is 0. The van der Waals surface area contributed by atoms with Crippen molar-refractivity contribution in [1.82, 2.24) is 0 Å². The molecule has 3 heteroatoms. The summed E-state index contributed by atoms with van der Waals surface area (Å²) in [5, 5.41) is 2.79. The topological polar surface area (TPSA) is 29.1 Å². The third-order valence-electron chi connectivity index (χ3n) is 3.74. The second-order valence-electron chi connectivity index (χ2n) is 5.56. The predicted octanol–water partition coefficient (Wildman–Crippen LogP) is 5.03. The molecule has 1 fully saturated rings. The summed E-state index contributed by atoms with van der Waals surface area (Å²) in [5.74, 6) is 0.299. The van der Waals surface area contributed by atoms with Gasteiger partial charge in [0.25, 0.3) is 0 Å². The lowest BCUT2D eigenvalue weighted by molar-refractivity contribution is -0.117. The van der Waals surface area contributed by atoms with Crippen LogP contribution >= 0.6 is 0 Å². The highest BCUT2D eigenvalue weighted by Crippen LogP contribution is 2.27. The molecule has 0 bridgehead atoms. The SMILES string of the molecule is O=C(CC1CCCC1)Nc1ccc(F)cc1.c1ccccc1. The first-order valence-electron chi connectivity index (χ1n) is 7.79. The largest absolute Gasteiger partial charge is 0.326 e. The van der Waals surface area contributed by atoms with Gasteiger partial charge in [-0.25, -0.2) is 4.39 Å². The van der Waals surface area contributed by atoms with Crippen LogP contribution in [-0.4, -0.2) is 5.91 Å². The maximum absolute atomic E-state index is 12.6. The Labute approximate surface area is 131 Å².